The molecule has 170 valence electrons. The maximum absolute atomic E-state index is 13.7. The van der Waals surface area contributed by atoms with E-state index in [0.29, 0.717) is 12.8 Å². The number of nitrogens with zero attached hydrogens (tertiary/aromatic N) is 1. The molecule has 0 bridgehead atoms. The van der Waals surface area contributed by atoms with Crippen LogP contribution in [-0.2, 0) is 19.1 Å². The Morgan fingerprint density at radius 2 is 1.87 bits per heavy atom. The van der Waals surface area contributed by atoms with Crippen molar-refractivity contribution in [1.29, 1.82) is 0 Å². The maximum atomic E-state index is 13.7. The molecule has 2 amide bonds. The van der Waals surface area contributed by atoms with Crippen molar-refractivity contribution < 1.29 is 24.2 Å². The monoisotopic (exact) mass is 422 g/mol. The number of allylic oxidation sites excluding steroid dienone is 1. The molecule has 2 aliphatic rings. The number of carbonyl (C=O) groups excluding carboxylic acids is 3. The highest BCUT2D eigenvalue weighted by Gasteiger charge is 2.58. The molecular formula is C23H38N2O5. The molecule has 0 spiro atoms. The average Bonchev–Trinajstić information content (AvgIpc) is 2.97. The SMILES string of the molecule is CCOC(=O)[C@H]1[C@H]2C(=O)N([C@@H](CO)CC(C)C)[C@H](C(=O)NC(C)C)[C@H]2C=C[C@H]1CC. The number of hydrogen-bond donors (Lipinski definition) is 2. The predicted octanol–water partition coefficient (Wildman–Crippen LogP) is 2.14. The Balaban J connectivity index is 2.53. The van der Waals surface area contributed by atoms with Gasteiger partial charge < -0.3 is 20.1 Å². The number of aliphatic hydroxyl groups is 1. The number of nitrogens with one attached hydrogen (secondary N) is 1. The molecule has 0 saturated carbocycles. The van der Waals surface area contributed by atoms with Gasteiger partial charge in [0.1, 0.15) is 6.04 Å². The number of hydrogen-bond acceptors (Lipinski definition) is 5. The first-order valence-corrected chi connectivity index (χ1v) is 11.3. The van der Waals surface area contributed by atoms with Gasteiger partial charge in [-0.2, -0.15) is 0 Å². The number of amides is 2. The van der Waals surface area contributed by atoms with Gasteiger partial charge in [-0.05, 0) is 45.4 Å². The highest BCUT2D eigenvalue weighted by molar-refractivity contribution is 5.96. The van der Waals surface area contributed by atoms with E-state index in [1.165, 1.54) is 0 Å². The normalized spacial score (nSPS) is 29.3. The van der Waals surface area contributed by atoms with E-state index in [9.17, 15) is 19.5 Å². The highest BCUT2D eigenvalue weighted by atomic mass is 16.5. The topological polar surface area (TPSA) is 95.9 Å². The Bertz CT molecular complexity index is 660. The molecule has 2 rings (SSSR count). The summed E-state index contributed by atoms with van der Waals surface area (Å²) in [6.07, 6.45) is 5.18. The first-order chi connectivity index (χ1) is 14.2. The number of carbonyl (C=O) groups is 3. The largest absolute Gasteiger partial charge is 0.466 e. The summed E-state index contributed by atoms with van der Waals surface area (Å²) in [4.78, 5) is 41.3. The van der Waals surface area contributed by atoms with Crippen molar-refractivity contribution in [2.75, 3.05) is 13.2 Å². The molecule has 0 radical (unpaired) electrons. The zero-order valence-corrected chi connectivity index (χ0v) is 19.1. The summed E-state index contributed by atoms with van der Waals surface area (Å²) in [5.41, 5.74) is 0. The Morgan fingerprint density at radius 1 is 1.20 bits per heavy atom. The quantitative estimate of drug-likeness (QED) is 0.438. The highest BCUT2D eigenvalue weighted by Crippen LogP contribution is 2.46. The Kier molecular flexibility index (Phi) is 8.47. The zero-order valence-electron chi connectivity index (χ0n) is 19.1. The Hall–Kier alpha value is -1.89. The smallest absolute Gasteiger partial charge is 0.310 e. The van der Waals surface area contributed by atoms with Gasteiger partial charge >= 0.3 is 5.97 Å². The molecule has 7 heteroatoms. The third kappa shape index (κ3) is 4.88. The molecule has 1 aliphatic carbocycles. The van der Waals surface area contributed by atoms with Crippen LogP contribution in [0, 0.1) is 29.6 Å². The molecule has 0 aromatic rings. The minimum absolute atomic E-state index is 0.0806. The van der Waals surface area contributed by atoms with Crippen LogP contribution in [0.1, 0.15) is 54.4 Å². The van der Waals surface area contributed by atoms with Crippen molar-refractivity contribution in [2.45, 2.75) is 72.5 Å². The van der Waals surface area contributed by atoms with Crippen molar-refractivity contribution >= 4 is 17.8 Å². The number of rotatable bonds is 9. The van der Waals surface area contributed by atoms with Crippen LogP contribution in [0.25, 0.3) is 0 Å². The van der Waals surface area contributed by atoms with E-state index in [1.54, 1.807) is 11.8 Å². The summed E-state index contributed by atoms with van der Waals surface area (Å²) in [7, 11) is 0. The molecule has 1 saturated heterocycles. The van der Waals surface area contributed by atoms with Crippen LogP contribution in [0.15, 0.2) is 12.2 Å². The van der Waals surface area contributed by atoms with E-state index in [0.717, 1.165) is 0 Å². The first-order valence-electron chi connectivity index (χ1n) is 11.3. The van der Waals surface area contributed by atoms with E-state index in [4.69, 9.17) is 4.74 Å². The van der Waals surface area contributed by atoms with Gasteiger partial charge in [0.15, 0.2) is 0 Å². The molecule has 0 aromatic heterocycles. The number of esters is 1. The summed E-state index contributed by atoms with van der Waals surface area (Å²) in [6.45, 7) is 11.5. The number of ether oxygens (including phenoxy) is 1. The standard InChI is InChI=1S/C23H38N2O5/c1-7-15-9-10-17-19(18(15)23(29)30-8-2)22(28)25(16(12-26)11-13(3)4)20(17)21(27)24-14(5)6/h9-10,13-20,26H,7-8,11-12H2,1-6H3,(H,24,27)/t15-,16-,17+,18-,19+,20+/m1/s1. The maximum Gasteiger partial charge on any atom is 0.310 e. The molecule has 7 nitrogen and oxygen atoms in total. The lowest BCUT2D eigenvalue weighted by Gasteiger charge is -2.34. The molecule has 0 aromatic carbocycles. The minimum Gasteiger partial charge on any atom is -0.466 e. The summed E-state index contributed by atoms with van der Waals surface area (Å²) < 4.78 is 5.32. The fraction of sp³-hybridized carbons (Fsp3) is 0.783. The van der Waals surface area contributed by atoms with Crippen molar-refractivity contribution in [3.63, 3.8) is 0 Å². The summed E-state index contributed by atoms with van der Waals surface area (Å²) >= 11 is 0. The van der Waals surface area contributed by atoms with E-state index < -0.39 is 29.8 Å². The van der Waals surface area contributed by atoms with E-state index in [2.05, 4.69) is 5.32 Å². The lowest BCUT2D eigenvalue weighted by atomic mass is 9.69. The van der Waals surface area contributed by atoms with Crippen LogP contribution in [0.2, 0.25) is 0 Å². The van der Waals surface area contributed by atoms with Crippen LogP contribution >= 0.6 is 0 Å². The van der Waals surface area contributed by atoms with E-state index in [1.807, 2.05) is 46.8 Å². The zero-order chi connectivity index (χ0) is 22.6. The summed E-state index contributed by atoms with van der Waals surface area (Å²) in [5.74, 6) is -2.41. The van der Waals surface area contributed by atoms with Crippen molar-refractivity contribution in [3.8, 4) is 0 Å². The lowest BCUT2D eigenvalue weighted by Crippen LogP contribution is -2.53. The average molecular weight is 423 g/mol. The molecule has 1 fully saturated rings. The Labute approximate surface area is 180 Å². The van der Waals surface area contributed by atoms with Gasteiger partial charge in [0.25, 0.3) is 0 Å². The number of fused-ring (bicyclic) bond motifs is 1. The Morgan fingerprint density at radius 3 is 2.37 bits per heavy atom. The van der Waals surface area contributed by atoms with Crippen LogP contribution in [-0.4, -0.2) is 59.1 Å². The first kappa shape index (κ1) is 24.4. The van der Waals surface area contributed by atoms with Crippen LogP contribution in [0.5, 0.6) is 0 Å². The molecular weight excluding hydrogens is 384 g/mol. The van der Waals surface area contributed by atoms with Crippen LogP contribution < -0.4 is 5.32 Å². The fourth-order valence-electron chi connectivity index (χ4n) is 4.98. The molecule has 1 heterocycles. The minimum atomic E-state index is -0.744. The molecule has 0 unspecified atom stereocenters. The van der Waals surface area contributed by atoms with Gasteiger partial charge in [0.05, 0.1) is 31.1 Å². The lowest BCUT2D eigenvalue weighted by molar-refractivity contribution is -0.156. The second-order valence-electron chi connectivity index (χ2n) is 9.16. The third-order valence-corrected chi connectivity index (χ3v) is 6.12. The van der Waals surface area contributed by atoms with Crippen molar-refractivity contribution in [1.82, 2.24) is 10.2 Å². The van der Waals surface area contributed by atoms with Gasteiger partial charge in [-0.3, -0.25) is 14.4 Å². The van der Waals surface area contributed by atoms with E-state index in [-0.39, 0.29) is 48.9 Å². The summed E-state index contributed by atoms with van der Waals surface area (Å²) in [6, 6.07) is -1.29. The van der Waals surface area contributed by atoms with Gasteiger partial charge in [-0.15, -0.1) is 0 Å². The molecule has 30 heavy (non-hydrogen) atoms. The second kappa shape index (κ2) is 10.4. The number of likely N-dealkylation sites (tertiary alicyclic amines) is 1. The third-order valence-electron chi connectivity index (χ3n) is 6.12. The molecule has 6 atom stereocenters. The van der Waals surface area contributed by atoms with Gasteiger partial charge in [0.2, 0.25) is 11.8 Å². The molecule has 1 aliphatic heterocycles. The van der Waals surface area contributed by atoms with Crippen molar-refractivity contribution in [2.24, 2.45) is 29.6 Å². The fourth-order valence-corrected chi connectivity index (χ4v) is 4.98. The second-order valence-corrected chi connectivity index (χ2v) is 9.16. The van der Waals surface area contributed by atoms with Crippen LogP contribution in [0.3, 0.4) is 0 Å². The van der Waals surface area contributed by atoms with Crippen LogP contribution in [0.4, 0.5) is 0 Å². The van der Waals surface area contributed by atoms with Crippen molar-refractivity contribution in [3.05, 3.63) is 12.2 Å². The van der Waals surface area contributed by atoms with E-state index >= 15 is 0 Å². The van der Waals surface area contributed by atoms with Gasteiger partial charge in [-0.1, -0.05) is 32.9 Å². The molecule has 2 N–H and O–H groups in total. The van der Waals surface area contributed by atoms with Gasteiger partial charge in [-0.25, -0.2) is 0 Å². The predicted molar refractivity (Wildman–Crippen MR) is 114 cm³/mol. The summed E-state index contributed by atoms with van der Waals surface area (Å²) in [5, 5.41) is 13.0. The number of aliphatic hydroxyl groups excluding tert-OH is 1. The van der Waals surface area contributed by atoms with Gasteiger partial charge in [0, 0.05) is 12.0 Å².